The van der Waals surface area contributed by atoms with E-state index in [1.165, 1.54) is 19.4 Å². The number of fused-ring (bicyclic) bond motifs is 1. The number of H-pyrrole nitrogens is 1. The molecule has 0 radical (unpaired) electrons. The topological polar surface area (TPSA) is 53.4 Å². The van der Waals surface area contributed by atoms with E-state index in [4.69, 9.17) is 0 Å². The van der Waals surface area contributed by atoms with Crippen LogP contribution in [0.1, 0.15) is 32.5 Å². The number of likely N-dealkylation sites (tertiary alicyclic amines) is 1. The van der Waals surface area contributed by atoms with Gasteiger partial charge in [-0.05, 0) is 39.2 Å². The van der Waals surface area contributed by atoms with Gasteiger partial charge in [-0.25, -0.2) is 0 Å². The highest BCUT2D eigenvalue weighted by molar-refractivity contribution is 5.37. The van der Waals surface area contributed by atoms with Gasteiger partial charge in [0.1, 0.15) is 11.5 Å². The molecule has 1 fully saturated rings. The summed E-state index contributed by atoms with van der Waals surface area (Å²) in [6, 6.07) is 3.80. The lowest BCUT2D eigenvalue weighted by Gasteiger charge is -2.35. The van der Waals surface area contributed by atoms with E-state index < -0.39 is 0 Å². The molecule has 1 atom stereocenters. The minimum Gasteiger partial charge on any atom is -0.301 e. The summed E-state index contributed by atoms with van der Waals surface area (Å²) in [4.78, 5) is 13.9. The fourth-order valence-electron chi connectivity index (χ4n) is 3.10. The molecular formula is C15H22N4O. The van der Waals surface area contributed by atoms with Crippen molar-refractivity contribution in [3.8, 4) is 0 Å². The molecule has 108 valence electrons. The molecule has 0 aromatic carbocycles. The minimum atomic E-state index is 0.0175. The molecule has 1 unspecified atom stereocenters. The maximum atomic E-state index is 11.3. The summed E-state index contributed by atoms with van der Waals surface area (Å²) in [5.41, 5.74) is 0.799. The number of nitrogens with zero attached hydrogens (tertiary/aromatic N) is 3. The molecule has 0 aliphatic carbocycles. The van der Waals surface area contributed by atoms with Crippen LogP contribution in [-0.4, -0.2) is 38.6 Å². The molecular weight excluding hydrogens is 252 g/mol. The normalized spacial score (nSPS) is 20.9. The van der Waals surface area contributed by atoms with E-state index in [2.05, 4.69) is 28.9 Å². The number of aromatic amines is 1. The molecule has 1 N–H and O–H groups in total. The van der Waals surface area contributed by atoms with Crippen LogP contribution in [0.2, 0.25) is 0 Å². The average molecular weight is 274 g/mol. The van der Waals surface area contributed by atoms with E-state index in [9.17, 15) is 4.79 Å². The molecule has 1 saturated heterocycles. The lowest BCUT2D eigenvalue weighted by Crippen LogP contribution is -2.40. The maximum Gasteiger partial charge on any atom is 0.183 e. The van der Waals surface area contributed by atoms with Crippen molar-refractivity contribution in [2.45, 2.75) is 39.2 Å². The smallest absolute Gasteiger partial charge is 0.183 e. The number of rotatable bonds is 3. The van der Waals surface area contributed by atoms with E-state index in [-0.39, 0.29) is 5.43 Å². The second-order valence-electron chi connectivity index (χ2n) is 6.06. The first-order valence-electron chi connectivity index (χ1n) is 7.43. The molecule has 3 heterocycles. The zero-order valence-electron chi connectivity index (χ0n) is 12.2. The number of pyridine rings is 1. The number of piperidine rings is 1. The molecule has 5 heteroatoms. The van der Waals surface area contributed by atoms with E-state index in [0.717, 1.165) is 24.4 Å². The molecule has 0 saturated carbocycles. The Morgan fingerprint density at radius 2 is 2.35 bits per heavy atom. The Hall–Kier alpha value is -1.62. The molecule has 3 rings (SSSR count). The van der Waals surface area contributed by atoms with Gasteiger partial charge in [0.15, 0.2) is 5.43 Å². The second-order valence-corrected chi connectivity index (χ2v) is 6.06. The molecule has 2 aromatic rings. The van der Waals surface area contributed by atoms with Crippen molar-refractivity contribution in [3.05, 3.63) is 34.4 Å². The van der Waals surface area contributed by atoms with Gasteiger partial charge in [-0.3, -0.25) is 14.3 Å². The summed E-state index contributed by atoms with van der Waals surface area (Å²) < 4.78 is 2.00. The Morgan fingerprint density at radius 1 is 1.50 bits per heavy atom. The first-order chi connectivity index (χ1) is 9.63. The maximum absolute atomic E-state index is 11.3. The van der Waals surface area contributed by atoms with Gasteiger partial charge in [-0.2, -0.15) is 5.10 Å². The average Bonchev–Trinajstić information content (AvgIpc) is 2.81. The molecule has 1 aliphatic rings. The van der Waals surface area contributed by atoms with Crippen molar-refractivity contribution in [2.75, 3.05) is 13.1 Å². The van der Waals surface area contributed by atoms with Gasteiger partial charge in [0.2, 0.25) is 0 Å². The standard InChI is InChI=1S/C15H22N4O/c1-11(2)18-6-3-4-12(10-18)8-14-16-17-15-9-13(20)5-7-19(14)15/h5,7,9,11-12,17H,3-4,6,8,10H2,1-2H3. The van der Waals surface area contributed by atoms with Gasteiger partial charge >= 0.3 is 0 Å². The van der Waals surface area contributed by atoms with Crippen LogP contribution in [0, 0.1) is 5.92 Å². The summed E-state index contributed by atoms with van der Waals surface area (Å²) in [5.74, 6) is 1.67. The summed E-state index contributed by atoms with van der Waals surface area (Å²) in [5, 5.41) is 7.33. The van der Waals surface area contributed by atoms with Gasteiger partial charge in [0, 0.05) is 37.3 Å². The van der Waals surface area contributed by atoms with Gasteiger partial charge in [-0.1, -0.05) is 0 Å². The number of hydrogen-bond donors (Lipinski definition) is 1. The number of aromatic nitrogens is 3. The molecule has 2 aromatic heterocycles. The Labute approximate surface area is 118 Å². The summed E-state index contributed by atoms with van der Waals surface area (Å²) in [6.45, 7) is 6.88. The summed E-state index contributed by atoms with van der Waals surface area (Å²) >= 11 is 0. The zero-order valence-corrected chi connectivity index (χ0v) is 12.2. The van der Waals surface area contributed by atoms with Crippen molar-refractivity contribution in [1.29, 1.82) is 0 Å². The third-order valence-electron chi connectivity index (χ3n) is 4.26. The first-order valence-corrected chi connectivity index (χ1v) is 7.43. The number of nitrogens with one attached hydrogen (secondary N) is 1. The van der Waals surface area contributed by atoms with E-state index in [0.29, 0.717) is 12.0 Å². The van der Waals surface area contributed by atoms with E-state index in [1.807, 2.05) is 10.6 Å². The number of hydrogen-bond acceptors (Lipinski definition) is 3. The monoisotopic (exact) mass is 274 g/mol. The quantitative estimate of drug-likeness (QED) is 0.926. The summed E-state index contributed by atoms with van der Waals surface area (Å²) in [7, 11) is 0. The molecule has 5 nitrogen and oxygen atoms in total. The Morgan fingerprint density at radius 3 is 3.15 bits per heavy atom. The van der Waals surface area contributed by atoms with Crippen LogP contribution in [0.5, 0.6) is 0 Å². The molecule has 0 spiro atoms. The minimum absolute atomic E-state index is 0.0175. The van der Waals surface area contributed by atoms with Crippen LogP contribution in [0.15, 0.2) is 23.1 Å². The summed E-state index contributed by atoms with van der Waals surface area (Å²) in [6.07, 6.45) is 5.31. The molecule has 0 amide bonds. The fourth-order valence-corrected chi connectivity index (χ4v) is 3.10. The highest BCUT2D eigenvalue weighted by atomic mass is 16.1. The molecule has 1 aliphatic heterocycles. The predicted molar refractivity (Wildman–Crippen MR) is 78.9 cm³/mol. The predicted octanol–water partition coefficient (Wildman–Crippen LogP) is 1.69. The Balaban J connectivity index is 1.77. The van der Waals surface area contributed by atoms with Crippen molar-refractivity contribution in [1.82, 2.24) is 19.5 Å². The van der Waals surface area contributed by atoms with Crippen LogP contribution >= 0.6 is 0 Å². The largest absolute Gasteiger partial charge is 0.301 e. The highest BCUT2D eigenvalue weighted by Crippen LogP contribution is 2.21. The van der Waals surface area contributed by atoms with Crippen LogP contribution in [-0.2, 0) is 6.42 Å². The van der Waals surface area contributed by atoms with Crippen molar-refractivity contribution in [2.24, 2.45) is 5.92 Å². The van der Waals surface area contributed by atoms with Gasteiger partial charge in [0.05, 0.1) is 0 Å². The van der Waals surface area contributed by atoms with Crippen LogP contribution < -0.4 is 5.43 Å². The zero-order chi connectivity index (χ0) is 14.1. The van der Waals surface area contributed by atoms with Crippen LogP contribution in [0.25, 0.3) is 5.65 Å². The van der Waals surface area contributed by atoms with Gasteiger partial charge in [-0.15, -0.1) is 0 Å². The Bertz CT molecular complexity index is 643. The van der Waals surface area contributed by atoms with Gasteiger partial charge in [0.25, 0.3) is 0 Å². The highest BCUT2D eigenvalue weighted by Gasteiger charge is 2.23. The van der Waals surface area contributed by atoms with Crippen molar-refractivity contribution >= 4 is 5.65 Å². The van der Waals surface area contributed by atoms with Crippen molar-refractivity contribution in [3.63, 3.8) is 0 Å². The van der Waals surface area contributed by atoms with Crippen LogP contribution in [0.4, 0.5) is 0 Å². The fraction of sp³-hybridized carbons (Fsp3) is 0.600. The Kier molecular flexibility index (Phi) is 3.61. The van der Waals surface area contributed by atoms with E-state index >= 15 is 0 Å². The SMILES string of the molecule is CC(C)N1CCCC(Cc2n[nH]c3cc(=O)ccn23)C1. The second kappa shape index (κ2) is 5.40. The lowest BCUT2D eigenvalue weighted by molar-refractivity contribution is 0.138. The molecule has 0 bridgehead atoms. The van der Waals surface area contributed by atoms with E-state index in [1.54, 1.807) is 12.1 Å². The van der Waals surface area contributed by atoms with Crippen molar-refractivity contribution < 1.29 is 0 Å². The van der Waals surface area contributed by atoms with Gasteiger partial charge < -0.3 is 4.90 Å². The lowest BCUT2D eigenvalue weighted by atomic mass is 9.93. The third-order valence-corrected chi connectivity index (χ3v) is 4.26. The van der Waals surface area contributed by atoms with Crippen LogP contribution in [0.3, 0.4) is 0 Å². The third kappa shape index (κ3) is 2.63. The first kappa shape index (κ1) is 13.4. The molecule has 20 heavy (non-hydrogen) atoms.